The molecule has 19 heavy (non-hydrogen) atoms. The van der Waals surface area contributed by atoms with Gasteiger partial charge in [0.2, 0.25) is 5.95 Å². The van der Waals surface area contributed by atoms with Gasteiger partial charge in [0, 0.05) is 9.50 Å². The molecule has 0 fully saturated rings. The first kappa shape index (κ1) is 12.5. The van der Waals surface area contributed by atoms with Crippen LogP contribution in [0.5, 0.6) is 0 Å². The third kappa shape index (κ3) is 2.11. The number of aryl methyl sites for hydroxylation is 1. The normalized spacial score (nSPS) is 11.1. The highest BCUT2D eigenvalue weighted by Gasteiger charge is 2.11. The van der Waals surface area contributed by atoms with E-state index in [0.29, 0.717) is 11.0 Å². The van der Waals surface area contributed by atoms with Crippen LogP contribution in [0.25, 0.3) is 16.7 Å². The van der Waals surface area contributed by atoms with E-state index in [9.17, 15) is 0 Å². The van der Waals surface area contributed by atoms with E-state index in [1.807, 2.05) is 47.9 Å². The van der Waals surface area contributed by atoms with Gasteiger partial charge in [-0.1, -0.05) is 33.6 Å². The van der Waals surface area contributed by atoms with Crippen molar-refractivity contribution >= 4 is 44.5 Å². The molecule has 0 saturated carbocycles. The van der Waals surface area contributed by atoms with Gasteiger partial charge in [0.25, 0.3) is 0 Å². The Morgan fingerprint density at radius 1 is 1.21 bits per heavy atom. The molecule has 0 aliphatic carbocycles. The molecule has 3 aromatic rings. The lowest BCUT2D eigenvalue weighted by molar-refractivity contribution is 1.10. The Labute approximate surface area is 124 Å². The molecule has 5 heteroatoms. The molecule has 3 rings (SSSR count). The maximum Gasteiger partial charge on any atom is 0.205 e. The molecule has 3 nitrogen and oxygen atoms in total. The standard InChI is InChI=1S/C14H11BrClN3/c1-8-2-4-10(7-11(8)15)19-13-6-9(16)3-5-12(13)18-14(19)17/h2-7H,1H3,(H2,17,18). The van der Waals surface area contributed by atoms with Crippen LogP contribution in [0.1, 0.15) is 5.56 Å². The van der Waals surface area contributed by atoms with E-state index >= 15 is 0 Å². The molecule has 1 aromatic heterocycles. The molecular formula is C14H11BrClN3. The second kappa shape index (κ2) is 4.54. The lowest BCUT2D eigenvalue weighted by Gasteiger charge is -2.08. The highest BCUT2D eigenvalue weighted by atomic mass is 79.9. The summed E-state index contributed by atoms with van der Waals surface area (Å²) in [4.78, 5) is 4.35. The van der Waals surface area contributed by atoms with Crippen LogP contribution in [-0.4, -0.2) is 9.55 Å². The second-order valence-corrected chi connectivity index (χ2v) is 5.66. The van der Waals surface area contributed by atoms with Crippen LogP contribution >= 0.6 is 27.5 Å². The van der Waals surface area contributed by atoms with E-state index in [4.69, 9.17) is 17.3 Å². The zero-order valence-electron chi connectivity index (χ0n) is 10.2. The van der Waals surface area contributed by atoms with Crippen LogP contribution < -0.4 is 5.73 Å². The van der Waals surface area contributed by atoms with Crippen molar-refractivity contribution in [3.63, 3.8) is 0 Å². The summed E-state index contributed by atoms with van der Waals surface area (Å²) in [5.74, 6) is 0.452. The summed E-state index contributed by atoms with van der Waals surface area (Å²) in [6.07, 6.45) is 0. The van der Waals surface area contributed by atoms with Crippen LogP contribution in [0.15, 0.2) is 40.9 Å². The van der Waals surface area contributed by atoms with Gasteiger partial charge in [0.1, 0.15) is 0 Å². The summed E-state index contributed by atoms with van der Waals surface area (Å²) >= 11 is 9.59. The average Bonchev–Trinajstić information content (AvgIpc) is 2.68. The van der Waals surface area contributed by atoms with Crippen molar-refractivity contribution in [2.75, 3.05) is 5.73 Å². The van der Waals surface area contributed by atoms with Crippen LogP contribution in [0, 0.1) is 6.92 Å². The molecule has 0 unspecified atom stereocenters. The molecule has 2 N–H and O–H groups in total. The minimum Gasteiger partial charge on any atom is -0.369 e. The topological polar surface area (TPSA) is 43.8 Å². The third-order valence-electron chi connectivity index (χ3n) is 3.06. The summed E-state index contributed by atoms with van der Waals surface area (Å²) in [6.45, 7) is 2.04. The summed E-state index contributed by atoms with van der Waals surface area (Å²) < 4.78 is 2.93. The first-order chi connectivity index (χ1) is 9.06. The number of nitrogens with zero attached hydrogens (tertiary/aromatic N) is 2. The fraction of sp³-hybridized carbons (Fsp3) is 0.0714. The van der Waals surface area contributed by atoms with Gasteiger partial charge in [-0.2, -0.15) is 0 Å². The van der Waals surface area contributed by atoms with Crippen molar-refractivity contribution in [1.29, 1.82) is 0 Å². The van der Waals surface area contributed by atoms with E-state index in [-0.39, 0.29) is 0 Å². The Balaban J connectivity index is 2.31. The summed E-state index contributed by atoms with van der Waals surface area (Å²) in [6, 6.07) is 11.6. The molecule has 0 spiro atoms. The molecule has 0 aliphatic rings. The number of nitrogens with two attached hydrogens (primary N) is 1. The second-order valence-electron chi connectivity index (χ2n) is 4.37. The molecular weight excluding hydrogens is 326 g/mol. The van der Waals surface area contributed by atoms with Gasteiger partial charge in [-0.15, -0.1) is 0 Å². The first-order valence-electron chi connectivity index (χ1n) is 5.76. The predicted molar refractivity (Wildman–Crippen MR) is 82.9 cm³/mol. The van der Waals surface area contributed by atoms with Gasteiger partial charge in [-0.05, 0) is 42.8 Å². The monoisotopic (exact) mass is 335 g/mol. The molecule has 0 saturated heterocycles. The van der Waals surface area contributed by atoms with Gasteiger partial charge in [0.15, 0.2) is 0 Å². The fourth-order valence-corrected chi connectivity index (χ4v) is 2.59. The SMILES string of the molecule is Cc1ccc(-n2c(N)nc3ccc(Cl)cc32)cc1Br. The Bertz CT molecular complexity index is 780. The van der Waals surface area contributed by atoms with Crippen LogP contribution in [0.2, 0.25) is 5.02 Å². The fourth-order valence-electron chi connectivity index (χ4n) is 2.06. The van der Waals surface area contributed by atoms with Crippen molar-refractivity contribution in [3.8, 4) is 5.69 Å². The number of fused-ring (bicyclic) bond motifs is 1. The van der Waals surface area contributed by atoms with E-state index in [2.05, 4.69) is 20.9 Å². The van der Waals surface area contributed by atoms with Crippen molar-refractivity contribution in [2.24, 2.45) is 0 Å². The molecule has 0 bridgehead atoms. The first-order valence-corrected chi connectivity index (χ1v) is 6.93. The number of halogens is 2. The minimum absolute atomic E-state index is 0.452. The highest BCUT2D eigenvalue weighted by molar-refractivity contribution is 9.10. The zero-order valence-corrected chi connectivity index (χ0v) is 12.5. The number of imidazole rings is 1. The summed E-state index contributed by atoms with van der Waals surface area (Å²) in [5.41, 5.74) is 9.88. The van der Waals surface area contributed by atoms with E-state index < -0.39 is 0 Å². The Morgan fingerprint density at radius 2 is 2.00 bits per heavy atom. The van der Waals surface area contributed by atoms with E-state index in [1.165, 1.54) is 5.56 Å². The Morgan fingerprint density at radius 3 is 2.74 bits per heavy atom. The van der Waals surface area contributed by atoms with Crippen molar-refractivity contribution in [3.05, 3.63) is 51.5 Å². The van der Waals surface area contributed by atoms with Gasteiger partial charge in [0.05, 0.1) is 16.7 Å². The van der Waals surface area contributed by atoms with Crippen molar-refractivity contribution < 1.29 is 0 Å². The molecule has 2 aromatic carbocycles. The number of hydrogen-bond donors (Lipinski definition) is 1. The lowest BCUT2D eigenvalue weighted by atomic mass is 10.2. The average molecular weight is 337 g/mol. The number of rotatable bonds is 1. The smallest absolute Gasteiger partial charge is 0.205 e. The number of nitrogen functional groups attached to an aromatic ring is 1. The minimum atomic E-state index is 0.452. The lowest BCUT2D eigenvalue weighted by Crippen LogP contribution is -2.00. The quantitative estimate of drug-likeness (QED) is 0.718. The van der Waals surface area contributed by atoms with E-state index in [0.717, 1.165) is 21.2 Å². The van der Waals surface area contributed by atoms with Gasteiger partial charge in [-0.3, -0.25) is 4.57 Å². The van der Waals surface area contributed by atoms with Gasteiger partial charge in [-0.25, -0.2) is 4.98 Å². The molecule has 0 aliphatic heterocycles. The molecule has 0 radical (unpaired) electrons. The van der Waals surface area contributed by atoms with Crippen molar-refractivity contribution in [2.45, 2.75) is 6.92 Å². The molecule has 96 valence electrons. The highest BCUT2D eigenvalue weighted by Crippen LogP contribution is 2.28. The Kier molecular flexibility index (Phi) is 2.99. The zero-order chi connectivity index (χ0) is 13.6. The van der Waals surface area contributed by atoms with Crippen LogP contribution in [0.3, 0.4) is 0 Å². The summed E-state index contributed by atoms with van der Waals surface area (Å²) in [7, 11) is 0. The van der Waals surface area contributed by atoms with Gasteiger partial charge >= 0.3 is 0 Å². The maximum atomic E-state index is 6.05. The maximum absolute atomic E-state index is 6.05. The van der Waals surface area contributed by atoms with Crippen LogP contribution in [-0.2, 0) is 0 Å². The molecule has 0 atom stereocenters. The Hall–Kier alpha value is -1.52. The number of anilines is 1. The predicted octanol–water partition coefficient (Wildman–Crippen LogP) is 4.33. The molecule has 0 amide bonds. The van der Waals surface area contributed by atoms with E-state index in [1.54, 1.807) is 0 Å². The third-order valence-corrected chi connectivity index (χ3v) is 4.15. The molecule has 1 heterocycles. The van der Waals surface area contributed by atoms with Gasteiger partial charge < -0.3 is 5.73 Å². The largest absolute Gasteiger partial charge is 0.369 e. The summed E-state index contributed by atoms with van der Waals surface area (Å²) in [5, 5.41) is 0.667. The number of benzene rings is 2. The number of aromatic nitrogens is 2. The van der Waals surface area contributed by atoms with Crippen LogP contribution in [0.4, 0.5) is 5.95 Å². The van der Waals surface area contributed by atoms with Crippen molar-refractivity contribution in [1.82, 2.24) is 9.55 Å². The number of hydrogen-bond acceptors (Lipinski definition) is 2.